The van der Waals surface area contributed by atoms with Crippen LogP contribution < -0.4 is 15.1 Å². The molecular weight excluding hydrogens is 475 g/mol. The molecule has 188 valence electrons. The highest BCUT2D eigenvalue weighted by molar-refractivity contribution is 6.28. The van der Waals surface area contributed by atoms with Crippen molar-refractivity contribution in [2.75, 3.05) is 47.8 Å². The Kier molecular flexibility index (Phi) is 5.75. The van der Waals surface area contributed by atoms with Gasteiger partial charge in [-0.15, -0.1) is 0 Å². The number of piperazine rings is 1. The second kappa shape index (κ2) is 9.24. The number of anilines is 3. The van der Waals surface area contributed by atoms with Gasteiger partial charge in [0.2, 0.25) is 0 Å². The summed E-state index contributed by atoms with van der Waals surface area (Å²) in [5.74, 6) is -0.650. The molecule has 2 N–H and O–H groups in total. The Morgan fingerprint density at radius 2 is 1.73 bits per heavy atom. The van der Waals surface area contributed by atoms with Crippen LogP contribution in [0.4, 0.5) is 21.5 Å². The van der Waals surface area contributed by atoms with Gasteiger partial charge in [0, 0.05) is 61.6 Å². The molecule has 6 rings (SSSR count). The summed E-state index contributed by atoms with van der Waals surface area (Å²) in [6.07, 6.45) is 0.470. The average Bonchev–Trinajstić information content (AvgIpc) is 3.36. The van der Waals surface area contributed by atoms with Crippen LogP contribution in [0.2, 0.25) is 0 Å². The number of aliphatic carboxylic acids is 1. The van der Waals surface area contributed by atoms with Gasteiger partial charge < -0.3 is 24.7 Å². The van der Waals surface area contributed by atoms with Crippen LogP contribution in [-0.2, 0) is 4.79 Å². The number of halogens is 1. The zero-order chi connectivity index (χ0) is 25.5. The number of carbonyl (C=O) groups excluding carboxylic acids is 1. The van der Waals surface area contributed by atoms with Crippen LogP contribution in [0.15, 0.2) is 59.1 Å². The Hall–Kier alpha value is -4.40. The molecule has 1 aliphatic carbocycles. The number of carboxylic acids is 1. The van der Waals surface area contributed by atoms with Crippen molar-refractivity contribution in [1.29, 1.82) is 0 Å². The quantitative estimate of drug-likeness (QED) is 0.308. The van der Waals surface area contributed by atoms with E-state index in [1.54, 1.807) is 18.2 Å². The van der Waals surface area contributed by atoms with Crippen LogP contribution in [-0.4, -0.2) is 54.7 Å². The van der Waals surface area contributed by atoms with E-state index in [2.05, 4.69) is 20.3 Å². The average molecular weight is 501 g/mol. The third-order valence-electron chi connectivity index (χ3n) is 7.07. The van der Waals surface area contributed by atoms with Crippen LogP contribution >= 0.6 is 0 Å². The predicted molar refractivity (Wildman–Crippen MR) is 139 cm³/mol. The van der Waals surface area contributed by atoms with E-state index in [-0.39, 0.29) is 18.0 Å². The molecule has 0 amide bonds. The molecule has 1 saturated heterocycles. The Balaban J connectivity index is 1.37. The number of nitrogens with one attached hydrogen (secondary N) is 1. The van der Waals surface area contributed by atoms with Gasteiger partial charge in [0.15, 0.2) is 11.5 Å². The molecule has 37 heavy (non-hydrogen) atoms. The number of ketones is 1. The van der Waals surface area contributed by atoms with Crippen molar-refractivity contribution in [1.82, 2.24) is 5.16 Å². The third kappa shape index (κ3) is 4.06. The molecule has 2 heterocycles. The fraction of sp³-hybridized carbons (Fsp3) is 0.250. The van der Waals surface area contributed by atoms with Crippen molar-refractivity contribution in [3.8, 4) is 11.3 Å². The summed E-state index contributed by atoms with van der Waals surface area (Å²) in [5, 5.41) is 17.4. The maximum Gasteiger partial charge on any atom is 0.303 e. The summed E-state index contributed by atoms with van der Waals surface area (Å²) in [6.45, 7) is 3.30. The standard InChI is InChI=1S/C28H25FN4O4/c29-17-7-9-18(10-8-17)32-12-14-33(15-13-32)22-16-21(30-11-3-6-23(34)35)24-25-26(22)31-37-28(25)20-5-2-1-4-19(20)27(24)36/h1-2,4-5,7-10,16,30H,3,6,11-15H2,(H,34,35). The molecule has 0 unspecified atom stereocenters. The molecule has 1 aliphatic heterocycles. The van der Waals surface area contributed by atoms with Gasteiger partial charge >= 0.3 is 5.97 Å². The Bertz CT molecular complexity index is 1510. The maximum absolute atomic E-state index is 13.6. The van der Waals surface area contributed by atoms with Gasteiger partial charge in [0.1, 0.15) is 11.3 Å². The molecule has 0 bridgehead atoms. The second-order valence-corrected chi connectivity index (χ2v) is 9.30. The minimum Gasteiger partial charge on any atom is -0.481 e. The molecule has 8 nitrogen and oxygen atoms in total. The van der Waals surface area contributed by atoms with Crippen molar-refractivity contribution in [2.45, 2.75) is 12.8 Å². The van der Waals surface area contributed by atoms with E-state index < -0.39 is 5.97 Å². The first-order valence-corrected chi connectivity index (χ1v) is 12.3. The van der Waals surface area contributed by atoms with E-state index in [4.69, 9.17) is 9.63 Å². The van der Waals surface area contributed by atoms with Gasteiger partial charge in [-0.3, -0.25) is 9.59 Å². The Morgan fingerprint density at radius 1 is 1.03 bits per heavy atom. The van der Waals surface area contributed by atoms with E-state index in [0.29, 0.717) is 59.5 Å². The van der Waals surface area contributed by atoms with Crippen LogP contribution in [0, 0.1) is 5.82 Å². The van der Waals surface area contributed by atoms with Crippen LogP contribution in [0.1, 0.15) is 28.8 Å². The largest absolute Gasteiger partial charge is 0.481 e. The maximum atomic E-state index is 13.6. The lowest BCUT2D eigenvalue weighted by Crippen LogP contribution is -2.46. The lowest BCUT2D eigenvalue weighted by molar-refractivity contribution is -0.137. The van der Waals surface area contributed by atoms with Gasteiger partial charge in [0.25, 0.3) is 0 Å². The molecule has 0 atom stereocenters. The van der Waals surface area contributed by atoms with Crippen molar-refractivity contribution < 1.29 is 23.6 Å². The first-order valence-electron chi connectivity index (χ1n) is 12.3. The van der Waals surface area contributed by atoms with E-state index >= 15 is 0 Å². The summed E-state index contributed by atoms with van der Waals surface area (Å²) >= 11 is 0. The topological polar surface area (TPSA) is 98.9 Å². The molecule has 0 saturated carbocycles. The lowest BCUT2D eigenvalue weighted by Gasteiger charge is -2.37. The summed E-state index contributed by atoms with van der Waals surface area (Å²) in [7, 11) is 0. The van der Waals surface area contributed by atoms with E-state index in [0.717, 1.165) is 30.0 Å². The number of hydrogen-bond acceptors (Lipinski definition) is 7. The number of benzene rings is 3. The van der Waals surface area contributed by atoms with Gasteiger partial charge in [-0.05, 0) is 36.8 Å². The summed E-state index contributed by atoms with van der Waals surface area (Å²) in [6, 6.07) is 15.8. The second-order valence-electron chi connectivity index (χ2n) is 9.30. The summed E-state index contributed by atoms with van der Waals surface area (Å²) in [5.41, 5.74) is 4.91. The molecule has 0 spiro atoms. The molecular formula is C28H25FN4O4. The van der Waals surface area contributed by atoms with Crippen LogP contribution in [0.25, 0.3) is 22.2 Å². The molecule has 1 fully saturated rings. The fourth-order valence-electron chi connectivity index (χ4n) is 5.24. The van der Waals surface area contributed by atoms with Crippen LogP contribution in [0.3, 0.4) is 0 Å². The van der Waals surface area contributed by atoms with Gasteiger partial charge in [-0.1, -0.05) is 29.4 Å². The van der Waals surface area contributed by atoms with Crippen LogP contribution in [0.5, 0.6) is 0 Å². The third-order valence-corrected chi connectivity index (χ3v) is 7.07. The predicted octanol–water partition coefficient (Wildman–Crippen LogP) is 4.78. The molecule has 1 aromatic heterocycles. The number of carbonyl (C=O) groups is 2. The Labute approximate surface area is 212 Å². The number of aromatic nitrogens is 1. The van der Waals surface area contributed by atoms with Crippen molar-refractivity contribution in [2.24, 2.45) is 0 Å². The van der Waals surface area contributed by atoms with Crippen molar-refractivity contribution in [3.63, 3.8) is 0 Å². The summed E-state index contributed by atoms with van der Waals surface area (Å²) in [4.78, 5) is 29.0. The molecule has 2 aliphatic rings. The minimum absolute atomic E-state index is 0.0398. The zero-order valence-corrected chi connectivity index (χ0v) is 20.0. The SMILES string of the molecule is O=C(O)CCCNc1cc(N2CCN(c3ccc(F)cc3)CC2)c2noc3c2c1C(=O)c1ccccc1-3. The van der Waals surface area contributed by atoms with E-state index in [1.165, 1.54) is 12.1 Å². The highest BCUT2D eigenvalue weighted by atomic mass is 19.1. The molecule has 4 aromatic rings. The lowest BCUT2D eigenvalue weighted by atomic mass is 9.86. The minimum atomic E-state index is -0.857. The summed E-state index contributed by atoms with van der Waals surface area (Å²) < 4.78 is 19.2. The highest BCUT2D eigenvalue weighted by Crippen LogP contribution is 2.46. The molecule has 9 heteroatoms. The van der Waals surface area contributed by atoms with Gasteiger partial charge in [-0.2, -0.15) is 0 Å². The first-order chi connectivity index (χ1) is 18.0. The number of nitrogens with zero attached hydrogens (tertiary/aromatic N) is 3. The number of carboxylic acid groups (broad SMARTS) is 1. The zero-order valence-electron chi connectivity index (χ0n) is 20.0. The smallest absolute Gasteiger partial charge is 0.303 e. The number of rotatable bonds is 7. The first kappa shape index (κ1) is 23.0. The monoisotopic (exact) mass is 500 g/mol. The highest BCUT2D eigenvalue weighted by Gasteiger charge is 2.34. The normalized spacial score (nSPS) is 14.7. The van der Waals surface area contributed by atoms with E-state index in [9.17, 15) is 14.0 Å². The number of hydrogen-bond donors (Lipinski definition) is 2. The Morgan fingerprint density at radius 3 is 2.46 bits per heavy atom. The van der Waals surface area contributed by atoms with Gasteiger partial charge in [-0.25, -0.2) is 4.39 Å². The van der Waals surface area contributed by atoms with Crippen molar-refractivity contribution >= 4 is 39.7 Å². The van der Waals surface area contributed by atoms with Gasteiger partial charge in [0.05, 0.1) is 16.6 Å². The fourth-order valence-corrected chi connectivity index (χ4v) is 5.24. The van der Waals surface area contributed by atoms with E-state index in [1.807, 2.05) is 24.3 Å². The number of fused-ring (bicyclic) bond motifs is 2. The van der Waals surface area contributed by atoms with Crippen molar-refractivity contribution in [3.05, 3.63) is 71.5 Å². The molecule has 3 aromatic carbocycles. The molecule has 0 radical (unpaired) electrons.